The molecule has 2 aromatic carbocycles. The second-order valence-corrected chi connectivity index (χ2v) is 10.6. The number of aromatic nitrogens is 3. The molecule has 7 nitrogen and oxygen atoms in total. The molecule has 2 saturated carbocycles. The van der Waals surface area contributed by atoms with Gasteiger partial charge in [-0.15, -0.1) is 10.2 Å². The van der Waals surface area contributed by atoms with E-state index in [1.807, 2.05) is 18.5 Å². The predicted molar refractivity (Wildman–Crippen MR) is 140 cm³/mol. The molecule has 36 heavy (non-hydrogen) atoms. The van der Waals surface area contributed by atoms with Crippen LogP contribution in [-0.4, -0.2) is 68.7 Å². The van der Waals surface area contributed by atoms with Crippen molar-refractivity contribution in [1.82, 2.24) is 29.9 Å². The predicted octanol–water partition coefficient (Wildman–Crippen LogP) is 3.67. The molecule has 3 aromatic rings. The van der Waals surface area contributed by atoms with Crippen LogP contribution in [0.5, 0.6) is 0 Å². The number of amides is 1. The fraction of sp³-hybridized carbons (Fsp3) is 0.483. The van der Waals surface area contributed by atoms with Gasteiger partial charge in [0.15, 0.2) is 5.82 Å². The third kappa shape index (κ3) is 5.37. The van der Waals surface area contributed by atoms with E-state index in [2.05, 4.69) is 72.3 Å². The van der Waals surface area contributed by atoms with Gasteiger partial charge in [0, 0.05) is 43.8 Å². The molecule has 2 aliphatic carbocycles. The van der Waals surface area contributed by atoms with Crippen LogP contribution < -0.4 is 5.32 Å². The van der Waals surface area contributed by atoms with E-state index in [4.69, 9.17) is 0 Å². The number of rotatable bonds is 9. The molecule has 1 unspecified atom stereocenters. The summed E-state index contributed by atoms with van der Waals surface area (Å²) in [4.78, 5) is 17.7. The fourth-order valence-corrected chi connectivity index (χ4v) is 5.49. The minimum Gasteiger partial charge on any atom is -0.349 e. The van der Waals surface area contributed by atoms with Crippen LogP contribution in [0, 0.1) is 0 Å². The van der Waals surface area contributed by atoms with Gasteiger partial charge in [0.05, 0.1) is 12.6 Å². The van der Waals surface area contributed by atoms with E-state index in [1.54, 1.807) is 0 Å². The number of hydrogen-bond acceptors (Lipinski definition) is 5. The highest BCUT2D eigenvalue weighted by molar-refractivity contribution is 5.94. The minimum atomic E-state index is 0.0373. The van der Waals surface area contributed by atoms with Crippen molar-refractivity contribution in [3.05, 3.63) is 83.4 Å². The maximum absolute atomic E-state index is 12.5. The zero-order valence-electron chi connectivity index (χ0n) is 20.9. The van der Waals surface area contributed by atoms with Gasteiger partial charge < -0.3 is 9.88 Å². The van der Waals surface area contributed by atoms with Crippen molar-refractivity contribution in [2.75, 3.05) is 26.2 Å². The summed E-state index contributed by atoms with van der Waals surface area (Å²) in [5, 5.41) is 12.1. The summed E-state index contributed by atoms with van der Waals surface area (Å²) < 4.78 is 2.20. The lowest BCUT2D eigenvalue weighted by Crippen LogP contribution is -2.53. The lowest BCUT2D eigenvalue weighted by Gasteiger charge is -2.44. The Hall–Kier alpha value is -3.03. The van der Waals surface area contributed by atoms with Crippen LogP contribution in [0.1, 0.15) is 65.5 Å². The summed E-state index contributed by atoms with van der Waals surface area (Å²) in [7, 11) is 0. The number of piperazine rings is 1. The highest BCUT2D eigenvalue weighted by Crippen LogP contribution is 2.30. The summed E-state index contributed by atoms with van der Waals surface area (Å²) in [5.74, 6) is 1.06. The molecule has 1 atom stereocenters. The van der Waals surface area contributed by atoms with Crippen LogP contribution in [-0.2, 0) is 13.0 Å². The molecule has 6 rings (SSSR count). The smallest absolute Gasteiger partial charge is 0.251 e. The maximum atomic E-state index is 12.5. The first-order chi connectivity index (χ1) is 17.7. The van der Waals surface area contributed by atoms with E-state index in [-0.39, 0.29) is 11.9 Å². The van der Waals surface area contributed by atoms with E-state index in [9.17, 15) is 4.79 Å². The van der Waals surface area contributed by atoms with Crippen molar-refractivity contribution in [2.24, 2.45) is 0 Å². The summed E-state index contributed by atoms with van der Waals surface area (Å²) >= 11 is 0. The standard InChI is InChI=1S/C29H36N6O/c36-29(31-25-13-14-25)24-11-9-22(10-12-24)19-27(34-17-15-33(16-18-34)26-7-4-8-26)28-32-30-21-35(28)20-23-5-2-1-3-6-23/h1-3,5-6,9-12,21,25-27H,4,7-8,13-20H2,(H,31,36). The SMILES string of the molecule is O=C(NC1CC1)c1ccc(CC(c2nncn2Cc2ccccc2)N2CCN(C3CCC3)CC2)cc1. The Bertz CT molecular complexity index is 1140. The molecular formula is C29H36N6O. The number of carbonyl (C=O) groups excluding carboxylic acids is 1. The molecule has 1 aromatic heterocycles. The van der Waals surface area contributed by atoms with Gasteiger partial charge in [-0.25, -0.2) is 0 Å². The average Bonchev–Trinajstić information content (AvgIpc) is 3.58. The third-order valence-electron chi connectivity index (χ3n) is 8.08. The molecule has 1 N–H and O–H groups in total. The minimum absolute atomic E-state index is 0.0373. The molecule has 7 heteroatoms. The highest BCUT2D eigenvalue weighted by Gasteiger charge is 2.33. The van der Waals surface area contributed by atoms with Crippen LogP contribution in [0.3, 0.4) is 0 Å². The number of benzene rings is 2. The van der Waals surface area contributed by atoms with Gasteiger partial charge in [-0.3, -0.25) is 14.6 Å². The zero-order chi connectivity index (χ0) is 24.3. The molecular weight excluding hydrogens is 448 g/mol. The van der Waals surface area contributed by atoms with E-state index in [0.717, 1.165) is 69.4 Å². The topological polar surface area (TPSA) is 66.3 Å². The lowest BCUT2D eigenvalue weighted by molar-refractivity contribution is 0.0397. The number of carbonyl (C=O) groups is 1. The normalized spacial score (nSPS) is 20.1. The molecule has 1 aliphatic heterocycles. The van der Waals surface area contributed by atoms with E-state index >= 15 is 0 Å². The van der Waals surface area contributed by atoms with Crippen LogP contribution in [0.4, 0.5) is 0 Å². The first kappa shape index (κ1) is 23.4. The number of nitrogens with zero attached hydrogens (tertiary/aromatic N) is 5. The molecule has 1 amide bonds. The Morgan fingerprint density at radius 2 is 1.67 bits per heavy atom. The molecule has 1 saturated heterocycles. The van der Waals surface area contributed by atoms with Crippen molar-refractivity contribution in [3.8, 4) is 0 Å². The van der Waals surface area contributed by atoms with Crippen LogP contribution in [0.15, 0.2) is 60.9 Å². The Kier molecular flexibility index (Phi) is 6.84. The summed E-state index contributed by atoms with van der Waals surface area (Å²) in [6.45, 7) is 5.09. The van der Waals surface area contributed by atoms with E-state index < -0.39 is 0 Å². The average molecular weight is 485 g/mol. The largest absolute Gasteiger partial charge is 0.349 e. The fourth-order valence-electron chi connectivity index (χ4n) is 5.49. The second-order valence-electron chi connectivity index (χ2n) is 10.6. The quantitative estimate of drug-likeness (QED) is 0.502. The first-order valence-electron chi connectivity index (χ1n) is 13.5. The molecule has 3 aliphatic rings. The van der Waals surface area contributed by atoms with Gasteiger partial charge >= 0.3 is 0 Å². The molecule has 2 heterocycles. The van der Waals surface area contributed by atoms with E-state index in [1.165, 1.54) is 30.4 Å². The van der Waals surface area contributed by atoms with Gasteiger partial charge in [-0.05, 0) is 55.4 Å². The van der Waals surface area contributed by atoms with Gasteiger partial charge in [0.25, 0.3) is 5.91 Å². The Morgan fingerprint density at radius 3 is 2.33 bits per heavy atom. The summed E-state index contributed by atoms with van der Waals surface area (Å²) in [6, 6.07) is 20.0. The summed E-state index contributed by atoms with van der Waals surface area (Å²) in [6.07, 6.45) is 9.01. The maximum Gasteiger partial charge on any atom is 0.251 e. The molecule has 0 bridgehead atoms. The van der Waals surface area contributed by atoms with Crippen molar-refractivity contribution in [2.45, 2.75) is 63.2 Å². The Morgan fingerprint density at radius 1 is 0.917 bits per heavy atom. The van der Waals surface area contributed by atoms with Crippen LogP contribution in [0.2, 0.25) is 0 Å². The summed E-state index contributed by atoms with van der Waals surface area (Å²) in [5.41, 5.74) is 3.21. The van der Waals surface area contributed by atoms with Crippen molar-refractivity contribution >= 4 is 5.91 Å². The molecule has 0 radical (unpaired) electrons. The Labute approximate surface area is 213 Å². The molecule has 3 fully saturated rings. The van der Waals surface area contributed by atoms with E-state index in [0.29, 0.717) is 6.04 Å². The monoisotopic (exact) mass is 484 g/mol. The lowest BCUT2D eigenvalue weighted by atomic mass is 9.91. The van der Waals surface area contributed by atoms with Gasteiger partial charge in [0.1, 0.15) is 6.33 Å². The van der Waals surface area contributed by atoms with Gasteiger partial charge in [-0.1, -0.05) is 48.9 Å². The van der Waals surface area contributed by atoms with Crippen molar-refractivity contribution < 1.29 is 4.79 Å². The highest BCUT2D eigenvalue weighted by atomic mass is 16.1. The van der Waals surface area contributed by atoms with Gasteiger partial charge in [-0.2, -0.15) is 0 Å². The van der Waals surface area contributed by atoms with Crippen LogP contribution in [0.25, 0.3) is 0 Å². The second kappa shape index (κ2) is 10.5. The van der Waals surface area contributed by atoms with Crippen LogP contribution >= 0.6 is 0 Å². The number of nitrogens with one attached hydrogen (secondary N) is 1. The third-order valence-corrected chi connectivity index (χ3v) is 8.08. The first-order valence-corrected chi connectivity index (χ1v) is 13.5. The number of hydrogen-bond donors (Lipinski definition) is 1. The zero-order valence-corrected chi connectivity index (χ0v) is 20.9. The molecule has 188 valence electrons. The molecule has 0 spiro atoms. The van der Waals surface area contributed by atoms with Crippen molar-refractivity contribution in [1.29, 1.82) is 0 Å². The Balaban J connectivity index is 1.21. The van der Waals surface area contributed by atoms with Crippen molar-refractivity contribution in [3.63, 3.8) is 0 Å². The van der Waals surface area contributed by atoms with Gasteiger partial charge in [0.2, 0.25) is 0 Å².